The summed E-state index contributed by atoms with van der Waals surface area (Å²) in [5.41, 5.74) is 1.19. The first-order chi connectivity index (χ1) is 10.1. The van der Waals surface area contributed by atoms with Crippen LogP contribution in [0.25, 0.3) is 0 Å². The summed E-state index contributed by atoms with van der Waals surface area (Å²) in [6.45, 7) is 1.05. The number of benzene rings is 1. The summed E-state index contributed by atoms with van der Waals surface area (Å²) in [5, 5.41) is 3.50. The summed E-state index contributed by atoms with van der Waals surface area (Å²) >= 11 is 0. The Bertz CT molecular complexity index is 596. The lowest BCUT2D eigenvalue weighted by Gasteiger charge is -2.28. The lowest BCUT2D eigenvalue weighted by atomic mass is 9.97. The third-order valence-electron chi connectivity index (χ3n) is 4.07. The normalized spacial score (nSPS) is 25.1. The predicted molar refractivity (Wildman–Crippen MR) is 80.7 cm³/mol. The first-order valence-electron chi connectivity index (χ1n) is 7.36. The van der Waals surface area contributed by atoms with Crippen LogP contribution in [0.1, 0.15) is 30.9 Å². The van der Waals surface area contributed by atoms with E-state index < -0.39 is 9.84 Å². The quantitative estimate of drug-likeness (QED) is 0.916. The van der Waals surface area contributed by atoms with Gasteiger partial charge in [-0.05, 0) is 37.1 Å². The Hall–Kier alpha value is -1.27. The van der Waals surface area contributed by atoms with Crippen LogP contribution in [0.3, 0.4) is 0 Å². The standard InChI is InChI=1S/C15H21NO4S/c1-19-15-8-11(13-4-2-3-7-16-13)5-6-14(15)20-12-9-21(17,18)10-12/h5-6,8,12-13,16H,2-4,7,9-10H2,1H3. The van der Waals surface area contributed by atoms with Crippen molar-refractivity contribution in [1.82, 2.24) is 5.32 Å². The van der Waals surface area contributed by atoms with E-state index >= 15 is 0 Å². The number of nitrogens with one attached hydrogen (secondary N) is 1. The monoisotopic (exact) mass is 311 g/mol. The second-order valence-electron chi connectivity index (χ2n) is 5.73. The van der Waals surface area contributed by atoms with Gasteiger partial charge in [-0.1, -0.05) is 12.5 Å². The molecule has 116 valence electrons. The molecule has 6 heteroatoms. The molecule has 1 N–H and O–H groups in total. The van der Waals surface area contributed by atoms with Gasteiger partial charge in [0.2, 0.25) is 0 Å². The van der Waals surface area contributed by atoms with Crippen molar-refractivity contribution >= 4 is 9.84 Å². The van der Waals surface area contributed by atoms with Gasteiger partial charge in [0, 0.05) is 6.04 Å². The third kappa shape index (κ3) is 3.32. The van der Waals surface area contributed by atoms with Crippen molar-refractivity contribution in [1.29, 1.82) is 0 Å². The highest BCUT2D eigenvalue weighted by atomic mass is 32.2. The first kappa shape index (κ1) is 14.7. The lowest BCUT2D eigenvalue weighted by molar-refractivity contribution is 0.219. The van der Waals surface area contributed by atoms with Gasteiger partial charge < -0.3 is 14.8 Å². The van der Waals surface area contributed by atoms with Crippen LogP contribution in [0.4, 0.5) is 0 Å². The van der Waals surface area contributed by atoms with E-state index in [0.29, 0.717) is 17.5 Å². The van der Waals surface area contributed by atoms with Gasteiger partial charge in [-0.25, -0.2) is 8.42 Å². The Morgan fingerprint density at radius 1 is 1.19 bits per heavy atom. The summed E-state index contributed by atoms with van der Waals surface area (Å²) in [6, 6.07) is 6.28. The third-order valence-corrected chi connectivity index (χ3v) is 5.83. The molecule has 2 aliphatic heterocycles. The van der Waals surface area contributed by atoms with Gasteiger partial charge in [0.05, 0.1) is 18.6 Å². The Balaban J connectivity index is 1.72. The summed E-state index contributed by atoms with van der Waals surface area (Å²) in [5.74, 6) is 1.49. The molecule has 1 unspecified atom stereocenters. The molecule has 0 radical (unpaired) electrons. The Morgan fingerprint density at radius 2 is 2.00 bits per heavy atom. The van der Waals surface area contributed by atoms with Gasteiger partial charge in [-0.3, -0.25) is 0 Å². The van der Waals surface area contributed by atoms with Crippen molar-refractivity contribution in [2.75, 3.05) is 25.2 Å². The van der Waals surface area contributed by atoms with Gasteiger partial charge in [0.1, 0.15) is 6.10 Å². The van der Waals surface area contributed by atoms with Gasteiger partial charge in [-0.15, -0.1) is 0 Å². The number of methoxy groups -OCH3 is 1. The topological polar surface area (TPSA) is 64.6 Å². The zero-order valence-corrected chi connectivity index (χ0v) is 13.0. The van der Waals surface area contributed by atoms with Gasteiger partial charge >= 0.3 is 0 Å². The second-order valence-corrected chi connectivity index (χ2v) is 7.88. The van der Waals surface area contributed by atoms with E-state index in [1.165, 1.54) is 18.4 Å². The van der Waals surface area contributed by atoms with Crippen molar-refractivity contribution in [3.8, 4) is 11.5 Å². The highest BCUT2D eigenvalue weighted by molar-refractivity contribution is 7.92. The maximum absolute atomic E-state index is 11.2. The minimum atomic E-state index is -2.87. The maximum atomic E-state index is 11.2. The average molecular weight is 311 g/mol. The maximum Gasteiger partial charge on any atom is 0.161 e. The van der Waals surface area contributed by atoms with Crippen LogP contribution in [0, 0.1) is 0 Å². The molecule has 2 aliphatic rings. The summed E-state index contributed by atoms with van der Waals surface area (Å²) in [4.78, 5) is 0. The van der Waals surface area contributed by atoms with Crippen LogP contribution in [-0.2, 0) is 9.84 Å². The largest absolute Gasteiger partial charge is 0.493 e. The molecule has 0 amide bonds. The zero-order valence-electron chi connectivity index (χ0n) is 12.2. The Morgan fingerprint density at radius 3 is 2.62 bits per heavy atom. The van der Waals surface area contributed by atoms with Crippen molar-refractivity contribution in [2.24, 2.45) is 0 Å². The number of ether oxygens (including phenoxy) is 2. The number of hydrogen-bond acceptors (Lipinski definition) is 5. The lowest BCUT2D eigenvalue weighted by Crippen LogP contribution is -2.45. The van der Waals surface area contributed by atoms with Gasteiger partial charge in [0.15, 0.2) is 21.3 Å². The van der Waals surface area contributed by atoms with Crippen LogP contribution in [-0.4, -0.2) is 39.7 Å². The molecule has 2 heterocycles. The van der Waals surface area contributed by atoms with Crippen LogP contribution >= 0.6 is 0 Å². The number of piperidine rings is 1. The fourth-order valence-electron chi connectivity index (χ4n) is 2.90. The molecular formula is C15H21NO4S. The number of hydrogen-bond donors (Lipinski definition) is 1. The predicted octanol–water partition coefficient (Wildman–Crippen LogP) is 1.69. The smallest absolute Gasteiger partial charge is 0.161 e. The number of rotatable bonds is 4. The summed E-state index contributed by atoms with van der Waals surface area (Å²) in [7, 11) is -1.26. The van der Waals surface area contributed by atoms with E-state index in [4.69, 9.17) is 9.47 Å². The molecule has 5 nitrogen and oxygen atoms in total. The van der Waals surface area contributed by atoms with E-state index in [0.717, 1.165) is 13.0 Å². The number of sulfone groups is 1. The van der Waals surface area contributed by atoms with E-state index in [-0.39, 0.29) is 17.6 Å². The highest BCUT2D eigenvalue weighted by Gasteiger charge is 2.35. The van der Waals surface area contributed by atoms with Crippen molar-refractivity contribution < 1.29 is 17.9 Å². The van der Waals surface area contributed by atoms with E-state index in [1.807, 2.05) is 18.2 Å². The van der Waals surface area contributed by atoms with Crippen LogP contribution < -0.4 is 14.8 Å². The van der Waals surface area contributed by atoms with E-state index in [9.17, 15) is 8.42 Å². The molecule has 2 fully saturated rings. The second kappa shape index (κ2) is 5.85. The molecule has 0 bridgehead atoms. The highest BCUT2D eigenvalue weighted by Crippen LogP contribution is 2.34. The average Bonchev–Trinajstić information content (AvgIpc) is 2.46. The fourth-order valence-corrected chi connectivity index (χ4v) is 4.07. The molecule has 1 aromatic rings. The fraction of sp³-hybridized carbons (Fsp3) is 0.600. The molecule has 21 heavy (non-hydrogen) atoms. The first-order valence-corrected chi connectivity index (χ1v) is 9.18. The van der Waals surface area contributed by atoms with Gasteiger partial charge in [0.25, 0.3) is 0 Å². The van der Waals surface area contributed by atoms with Crippen LogP contribution in [0.5, 0.6) is 11.5 Å². The van der Waals surface area contributed by atoms with Crippen molar-refractivity contribution in [3.63, 3.8) is 0 Å². The molecule has 0 aliphatic carbocycles. The summed E-state index contributed by atoms with van der Waals surface area (Å²) < 4.78 is 33.5. The molecule has 2 saturated heterocycles. The minimum Gasteiger partial charge on any atom is -0.493 e. The van der Waals surface area contributed by atoms with Gasteiger partial charge in [-0.2, -0.15) is 0 Å². The Kier molecular flexibility index (Phi) is 4.08. The van der Waals surface area contributed by atoms with E-state index in [1.54, 1.807) is 7.11 Å². The van der Waals surface area contributed by atoms with Crippen LogP contribution in [0.15, 0.2) is 18.2 Å². The van der Waals surface area contributed by atoms with Crippen molar-refractivity contribution in [3.05, 3.63) is 23.8 Å². The molecule has 1 aromatic carbocycles. The molecular weight excluding hydrogens is 290 g/mol. The summed E-state index contributed by atoms with van der Waals surface area (Å²) in [6.07, 6.45) is 3.34. The van der Waals surface area contributed by atoms with Crippen molar-refractivity contribution in [2.45, 2.75) is 31.4 Å². The minimum absolute atomic E-state index is 0.0993. The van der Waals surface area contributed by atoms with Crippen LogP contribution in [0.2, 0.25) is 0 Å². The molecule has 0 aromatic heterocycles. The molecule has 0 saturated carbocycles. The molecule has 3 rings (SSSR count). The molecule has 0 spiro atoms. The molecule has 1 atom stereocenters. The van der Waals surface area contributed by atoms with E-state index in [2.05, 4.69) is 5.32 Å². The SMILES string of the molecule is COc1cc(C2CCCCN2)ccc1OC1CS(=O)(=O)C1. The Labute approximate surface area is 125 Å². The zero-order chi connectivity index (χ0) is 14.9.